The van der Waals surface area contributed by atoms with Gasteiger partial charge in [-0.1, -0.05) is 24.3 Å². The summed E-state index contributed by atoms with van der Waals surface area (Å²) in [5.41, 5.74) is 4.80. The number of hydrogen-bond donors (Lipinski definition) is 1. The Morgan fingerprint density at radius 1 is 1.31 bits per heavy atom. The number of aliphatic hydroxyl groups excluding tert-OH is 1. The van der Waals surface area contributed by atoms with Crippen molar-refractivity contribution in [3.8, 4) is 5.75 Å². The third-order valence-electron chi connectivity index (χ3n) is 5.98. The number of carbonyl (C=O) groups excluding carboxylic acids is 1. The van der Waals surface area contributed by atoms with E-state index in [-0.39, 0.29) is 24.7 Å². The first-order chi connectivity index (χ1) is 13.9. The molecule has 0 saturated carbocycles. The predicted octanol–water partition coefficient (Wildman–Crippen LogP) is 2.88. The zero-order valence-corrected chi connectivity index (χ0v) is 17.3. The average Bonchev–Trinajstić information content (AvgIpc) is 3.26. The van der Waals surface area contributed by atoms with Gasteiger partial charge in [-0.3, -0.25) is 4.79 Å². The topological polar surface area (TPSA) is 67.6 Å². The van der Waals surface area contributed by atoms with Gasteiger partial charge in [-0.05, 0) is 37.1 Å². The number of amides is 1. The number of ether oxygens (including phenoxy) is 1. The number of nitrogens with zero attached hydrogens (tertiary/aromatic N) is 3. The fourth-order valence-electron chi connectivity index (χ4n) is 3.89. The predicted molar refractivity (Wildman–Crippen MR) is 112 cm³/mol. The van der Waals surface area contributed by atoms with Crippen molar-refractivity contribution in [1.82, 2.24) is 14.5 Å². The zero-order valence-electron chi connectivity index (χ0n) is 17.3. The van der Waals surface area contributed by atoms with Gasteiger partial charge in [-0.15, -0.1) is 0 Å². The lowest BCUT2D eigenvalue weighted by molar-refractivity contribution is 0.0681. The van der Waals surface area contributed by atoms with Crippen molar-refractivity contribution in [3.05, 3.63) is 58.9 Å². The van der Waals surface area contributed by atoms with Crippen molar-refractivity contribution in [2.45, 2.75) is 38.8 Å². The summed E-state index contributed by atoms with van der Waals surface area (Å²) in [7, 11) is 3.64. The summed E-state index contributed by atoms with van der Waals surface area (Å²) >= 11 is 0. The molecule has 152 valence electrons. The minimum atomic E-state index is -0.264. The van der Waals surface area contributed by atoms with E-state index in [9.17, 15) is 9.90 Å². The molecule has 0 aliphatic heterocycles. The number of aliphatic hydroxyl groups is 1. The first-order valence-corrected chi connectivity index (χ1v) is 9.97. The summed E-state index contributed by atoms with van der Waals surface area (Å²) in [6.45, 7) is 3.67. The van der Waals surface area contributed by atoms with Crippen LogP contribution in [0.15, 0.2) is 36.4 Å². The van der Waals surface area contributed by atoms with Gasteiger partial charge < -0.3 is 19.3 Å². The Morgan fingerprint density at radius 3 is 2.59 bits per heavy atom. The van der Waals surface area contributed by atoms with E-state index < -0.39 is 0 Å². The van der Waals surface area contributed by atoms with Gasteiger partial charge in [0.15, 0.2) is 0 Å². The second-order valence-electron chi connectivity index (χ2n) is 7.92. The van der Waals surface area contributed by atoms with Gasteiger partial charge in [0.05, 0.1) is 18.2 Å². The monoisotopic (exact) mass is 393 g/mol. The number of hydrogen-bond acceptors (Lipinski definition) is 4. The minimum Gasteiger partial charge on any atom is -0.487 e. The molecule has 1 heterocycles. The van der Waals surface area contributed by atoms with Crippen molar-refractivity contribution in [3.63, 3.8) is 0 Å². The molecule has 4 rings (SSSR count). The maximum atomic E-state index is 13.0. The maximum absolute atomic E-state index is 13.0. The van der Waals surface area contributed by atoms with Crippen LogP contribution in [0.4, 0.5) is 0 Å². The largest absolute Gasteiger partial charge is 0.487 e. The Kier molecular flexibility index (Phi) is 5.04. The Bertz CT molecular complexity index is 1050. The molecule has 1 aliphatic carbocycles. The Morgan fingerprint density at radius 2 is 1.97 bits per heavy atom. The van der Waals surface area contributed by atoms with E-state index in [4.69, 9.17) is 4.74 Å². The van der Waals surface area contributed by atoms with Crippen molar-refractivity contribution in [1.29, 1.82) is 0 Å². The molecule has 1 atom stereocenters. The van der Waals surface area contributed by atoms with Gasteiger partial charge in [0, 0.05) is 32.5 Å². The zero-order chi connectivity index (χ0) is 20.7. The number of aryl methyl sites for hydroxylation is 2. The molecule has 0 spiro atoms. The molecule has 0 fully saturated rings. The molecule has 1 aliphatic rings. The van der Waals surface area contributed by atoms with Crippen LogP contribution < -0.4 is 4.74 Å². The number of imidazole rings is 1. The standard InChI is InChI=1S/C23H27N3O3/c1-14(13-27)25(3)23(28)18-11-20-22(24-15(2)26(20)4)21(12-18)29-19-9-16-7-5-6-8-17(16)10-19/h5-8,11-12,14,19,27H,9-10,13H2,1-4H3/t14-/m1/s1. The summed E-state index contributed by atoms with van der Waals surface area (Å²) in [6, 6.07) is 11.8. The summed E-state index contributed by atoms with van der Waals surface area (Å²) in [6.07, 6.45) is 1.73. The smallest absolute Gasteiger partial charge is 0.254 e. The molecule has 2 aromatic carbocycles. The summed E-state index contributed by atoms with van der Waals surface area (Å²) < 4.78 is 8.37. The molecule has 0 saturated heterocycles. The molecule has 0 radical (unpaired) electrons. The van der Waals surface area contributed by atoms with E-state index in [2.05, 4.69) is 29.2 Å². The van der Waals surface area contributed by atoms with E-state index in [1.807, 2.05) is 31.5 Å². The molecule has 1 N–H and O–H groups in total. The van der Waals surface area contributed by atoms with Gasteiger partial charge in [-0.25, -0.2) is 4.98 Å². The lowest BCUT2D eigenvalue weighted by Gasteiger charge is -2.23. The molecule has 1 amide bonds. The van der Waals surface area contributed by atoms with Gasteiger partial charge in [-0.2, -0.15) is 0 Å². The lowest BCUT2D eigenvalue weighted by Crippen LogP contribution is -2.37. The van der Waals surface area contributed by atoms with E-state index in [0.717, 1.165) is 29.7 Å². The van der Waals surface area contributed by atoms with E-state index in [0.29, 0.717) is 11.3 Å². The maximum Gasteiger partial charge on any atom is 0.254 e. The molecular weight excluding hydrogens is 366 g/mol. The number of carbonyl (C=O) groups is 1. The molecular formula is C23H27N3O3. The Labute approximate surface area is 170 Å². The number of aromatic nitrogens is 2. The van der Waals surface area contributed by atoms with Crippen LogP contribution in [-0.4, -0.2) is 51.3 Å². The van der Waals surface area contributed by atoms with E-state index >= 15 is 0 Å². The fraction of sp³-hybridized carbons (Fsp3) is 0.391. The highest BCUT2D eigenvalue weighted by molar-refractivity contribution is 5.99. The average molecular weight is 393 g/mol. The normalized spacial score (nSPS) is 14.8. The molecule has 6 heteroatoms. The highest BCUT2D eigenvalue weighted by Gasteiger charge is 2.26. The first kappa shape index (κ1) is 19.5. The van der Waals surface area contributed by atoms with Crippen molar-refractivity contribution < 1.29 is 14.6 Å². The number of likely N-dealkylation sites (N-methyl/N-ethyl adjacent to an activating group) is 1. The number of rotatable bonds is 5. The third kappa shape index (κ3) is 3.49. The number of benzene rings is 2. The molecule has 0 unspecified atom stereocenters. The second-order valence-corrected chi connectivity index (χ2v) is 7.92. The number of fused-ring (bicyclic) bond motifs is 2. The van der Waals surface area contributed by atoms with Crippen LogP contribution in [0.1, 0.15) is 34.2 Å². The van der Waals surface area contributed by atoms with Crippen molar-refractivity contribution >= 4 is 16.9 Å². The summed E-state index contributed by atoms with van der Waals surface area (Å²) in [4.78, 5) is 19.2. The fourth-order valence-corrected chi connectivity index (χ4v) is 3.89. The minimum absolute atomic E-state index is 0.0253. The third-order valence-corrected chi connectivity index (χ3v) is 5.98. The quantitative estimate of drug-likeness (QED) is 0.724. The van der Waals surface area contributed by atoms with Gasteiger partial charge in [0.2, 0.25) is 0 Å². The molecule has 3 aromatic rings. The molecule has 1 aromatic heterocycles. The first-order valence-electron chi connectivity index (χ1n) is 9.97. The summed E-state index contributed by atoms with van der Waals surface area (Å²) in [5.74, 6) is 1.35. The van der Waals surface area contributed by atoms with Crippen molar-refractivity contribution in [2.75, 3.05) is 13.7 Å². The summed E-state index contributed by atoms with van der Waals surface area (Å²) in [5, 5.41) is 9.42. The van der Waals surface area contributed by atoms with Gasteiger partial charge >= 0.3 is 0 Å². The van der Waals surface area contributed by atoms with Crippen LogP contribution in [0.25, 0.3) is 11.0 Å². The molecule has 0 bridgehead atoms. The van der Waals surface area contributed by atoms with Crippen LogP contribution in [0.2, 0.25) is 0 Å². The van der Waals surface area contributed by atoms with Crippen LogP contribution >= 0.6 is 0 Å². The highest BCUT2D eigenvalue weighted by Crippen LogP contribution is 2.32. The van der Waals surface area contributed by atoms with Crippen LogP contribution in [-0.2, 0) is 19.9 Å². The van der Waals surface area contributed by atoms with E-state index in [1.165, 1.54) is 11.1 Å². The Hall–Kier alpha value is -2.86. The van der Waals surface area contributed by atoms with Gasteiger partial charge in [0.1, 0.15) is 23.2 Å². The van der Waals surface area contributed by atoms with Crippen molar-refractivity contribution in [2.24, 2.45) is 7.05 Å². The SMILES string of the molecule is Cc1nc2c(OC3Cc4ccccc4C3)cc(C(=O)N(C)[C@H](C)CO)cc2n1C. The van der Waals surface area contributed by atoms with Crippen LogP contribution in [0.3, 0.4) is 0 Å². The Balaban J connectivity index is 1.71. The molecule has 29 heavy (non-hydrogen) atoms. The van der Waals surface area contributed by atoms with Crippen LogP contribution in [0, 0.1) is 6.92 Å². The van der Waals surface area contributed by atoms with Crippen LogP contribution in [0.5, 0.6) is 5.75 Å². The lowest BCUT2D eigenvalue weighted by atomic mass is 10.1. The molecule has 6 nitrogen and oxygen atoms in total. The highest BCUT2D eigenvalue weighted by atomic mass is 16.5. The second kappa shape index (κ2) is 7.52. The van der Waals surface area contributed by atoms with E-state index in [1.54, 1.807) is 18.0 Å². The van der Waals surface area contributed by atoms with Gasteiger partial charge in [0.25, 0.3) is 5.91 Å².